The average molecular weight is 282 g/mol. The lowest BCUT2D eigenvalue weighted by molar-refractivity contribution is -0.142. The van der Waals surface area contributed by atoms with Gasteiger partial charge in [0.05, 0.1) is 0 Å². The molecular formula is C16H14N2O3. The van der Waals surface area contributed by atoms with Crippen LogP contribution in [0.15, 0.2) is 46.9 Å². The first kappa shape index (κ1) is 13.2. The van der Waals surface area contributed by atoms with E-state index < -0.39 is 0 Å². The van der Waals surface area contributed by atoms with E-state index in [0.29, 0.717) is 11.5 Å². The zero-order valence-electron chi connectivity index (χ0n) is 11.5. The normalized spacial score (nSPS) is 10.7. The van der Waals surface area contributed by atoms with Crippen LogP contribution < -0.4 is 5.73 Å². The fraction of sp³-hybridized carbons (Fsp3) is 0.125. The van der Waals surface area contributed by atoms with Crippen LogP contribution >= 0.6 is 0 Å². The number of carbonyl (C=O) groups excluding carboxylic acids is 1. The first-order valence-electron chi connectivity index (χ1n) is 6.52. The Morgan fingerprint density at radius 2 is 2.00 bits per heavy atom. The van der Waals surface area contributed by atoms with Gasteiger partial charge in [-0.25, -0.2) is 0 Å². The van der Waals surface area contributed by atoms with E-state index in [2.05, 4.69) is 4.98 Å². The molecule has 0 amide bonds. The molecule has 5 heteroatoms. The van der Waals surface area contributed by atoms with Gasteiger partial charge in [0.15, 0.2) is 5.76 Å². The highest BCUT2D eigenvalue weighted by Crippen LogP contribution is 2.32. The molecule has 0 saturated heterocycles. The number of carbonyl (C=O) groups is 1. The minimum atomic E-state index is -0.375. The SMILES string of the molecule is CC(=O)OCc1nc(N)oc1-c1cccc2ccccc12. The molecule has 3 rings (SSSR count). The minimum Gasteiger partial charge on any atom is -0.459 e. The summed E-state index contributed by atoms with van der Waals surface area (Å²) in [5.41, 5.74) is 7.04. The van der Waals surface area contributed by atoms with Crippen molar-refractivity contribution < 1.29 is 13.9 Å². The number of ether oxygens (including phenoxy) is 1. The standard InChI is InChI=1S/C16H14N2O3/c1-10(19)20-9-14-15(21-16(17)18-14)13-8-4-6-11-5-2-3-7-12(11)13/h2-8H,9H2,1H3,(H2,17,18). The number of nitrogens with zero attached hydrogens (tertiary/aromatic N) is 1. The zero-order chi connectivity index (χ0) is 14.8. The Kier molecular flexibility index (Phi) is 3.31. The highest BCUT2D eigenvalue weighted by molar-refractivity contribution is 5.95. The monoisotopic (exact) mass is 282 g/mol. The zero-order valence-corrected chi connectivity index (χ0v) is 11.5. The molecular weight excluding hydrogens is 268 g/mol. The molecule has 0 atom stereocenters. The summed E-state index contributed by atoms with van der Waals surface area (Å²) in [4.78, 5) is 15.1. The van der Waals surface area contributed by atoms with Crippen molar-refractivity contribution in [3.05, 3.63) is 48.2 Å². The molecule has 21 heavy (non-hydrogen) atoms. The van der Waals surface area contributed by atoms with Crippen molar-refractivity contribution in [1.82, 2.24) is 4.98 Å². The van der Waals surface area contributed by atoms with Crippen molar-refractivity contribution in [1.29, 1.82) is 0 Å². The summed E-state index contributed by atoms with van der Waals surface area (Å²) in [6.07, 6.45) is 0. The number of fused-ring (bicyclic) bond motifs is 1. The lowest BCUT2D eigenvalue weighted by atomic mass is 10.0. The second-order valence-corrected chi connectivity index (χ2v) is 4.63. The number of nitrogen functional groups attached to an aromatic ring is 1. The van der Waals surface area contributed by atoms with Crippen LogP contribution in [0.2, 0.25) is 0 Å². The van der Waals surface area contributed by atoms with Crippen molar-refractivity contribution in [2.24, 2.45) is 0 Å². The van der Waals surface area contributed by atoms with Crippen molar-refractivity contribution in [3.63, 3.8) is 0 Å². The number of rotatable bonds is 3. The maximum Gasteiger partial charge on any atom is 0.303 e. The van der Waals surface area contributed by atoms with Crippen LogP contribution in [0.4, 0.5) is 6.01 Å². The summed E-state index contributed by atoms with van der Waals surface area (Å²) in [6, 6.07) is 13.9. The molecule has 0 aliphatic carbocycles. The number of oxazole rings is 1. The Hall–Kier alpha value is -2.82. The topological polar surface area (TPSA) is 78.3 Å². The van der Waals surface area contributed by atoms with Gasteiger partial charge in [-0.2, -0.15) is 4.98 Å². The van der Waals surface area contributed by atoms with E-state index in [0.717, 1.165) is 16.3 Å². The number of esters is 1. The van der Waals surface area contributed by atoms with Crippen molar-refractivity contribution in [2.75, 3.05) is 5.73 Å². The number of hydrogen-bond acceptors (Lipinski definition) is 5. The Labute approximate surface area is 121 Å². The van der Waals surface area contributed by atoms with Crippen molar-refractivity contribution >= 4 is 22.8 Å². The lowest BCUT2D eigenvalue weighted by Crippen LogP contribution is -2.00. The quantitative estimate of drug-likeness (QED) is 0.746. The van der Waals surface area contributed by atoms with Crippen LogP contribution in [-0.4, -0.2) is 11.0 Å². The Bertz CT molecular complexity index is 803. The summed E-state index contributed by atoms with van der Waals surface area (Å²) in [5, 5.41) is 2.11. The second-order valence-electron chi connectivity index (χ2n) is 4.63. The molecule has 0 spiro atoms. The van der Waals surface area contributed by atoms with Crippen LogP contribution in [0.25, 0.3) is 22.1 Å². The molecule has 2 aromatic carbocycles. The Balaban J connectivity index is 2.12. The molecule has 0 fully saturated rings. The van der Waals surface area contributed by atoms with Gasteiger partial charge in [0.1, 0.15) is 12.3 Å². The molecule has 5 nitrogen and oxygen atoms in total. The van der Waals surface area contributed by atoms with Crippen LogP contribution in [0.3, 0.4) is 0 Å². The fourth-order valence-electron chi connectivity index (χ4n) is 2.27. The van der Waals surface area contributed by atoms with E-state index in [1.54, 1.807) is 0 Å². The molecule has 3 aromatic rings. The molecule has 0 aliphatic heterocycles. The molecule has 106 valence electrons. The van der Waals surface area contributed by atoms with E-state index in [4.69, 9.17) is 14.9 Å². The van der Waals surface area contributed by atoms with Crippen molar-refractivity contribution in [3.8, 4) is 11.3 Å². The van der Waals surface area contributed by atoms with Crippen molar-refractivity contribution in [2.45, 2.75) is 13.5 Å². The first-order chi connectivity index (χ1) is 10.1. The van der Waals surface area contributed by atoms with E-state index in [1.807, 2.05) is 42.5 Å². The Morgan fingerprint density at radius 3 is 2.81 bits per heavy atom. The van der Waals surface area contributed by atoms with Gasteiger partial charge in [-0.1, -0.05) is 42.5 Å². The van der Waals surface area contributed by atoms with Crippen LogP contribution in [-0.2, 0) is 16.1 Å². The number of anilines is 1. The Morgan fingerprint density at radius 1 is 1.24 bits per heavy atom. The van der Waals surface area contributed by atoms with Gasteiger partial charge in [-0.3, -0.25) is 4.79 Å². The molecule has 0 unspecified atom stereocenters. The van der Waals surface area contributed by atoms with Gasteiger partial charge >= 0.3 is 5.97 Å². The third-order valence-electron chi connectivity index (χ3n) is 3.16. The van der Waals surface area contributed by atoms with E-state index in [9.17, 15) is 4.79 Å². The maximum absolute atomic E-state index is 11.0. The predicted molar refractivity (Wildman–Crippen MR) is 79.3 cm³/mol. The summed E-state index contributed by atoms with van der Waals surface area (Å²) in [7, 11) is 0. The summed E-state index contributed by atoms with van der Waals surface area (Å²) in [5.74, 6) is 0.158. The van der Waals surface area contributed by atoms with Crippen LogP contribution in [0, 0.1) is 0 Å². The van der Waals surface area contributed by atoms with E-state index in [1.165, 1.54) is 6.92 Å². The molecule has 0 radical (unpaired) electrons. The number of benzene rings is 2. The van der Waals surface area contributed by atoms with E-state index >= 15 is 0 Å². The number of hydrogen-bond donors (Lipinski definition) is 1. The minimum absolute atomic E-state index is 0.0363. The summed E-state index contributed by atoms with van der Waals surface area (Å²) >= 11 is 0. The largest absolute Gasteiger partial charge is 0.459 e. The van der Waals surface area contributed by atoms with Gasteiger partial charge in [0.2, 0.25) is 0 Å². The van der Waals surface area contributed by atoms with Crippen LogP contribution in [0.1, 0.15) is 12.6 Å². The molecule has 0 aliphatic rings. The predicted octanol–water partition coefficient (Wildman–Crippen LogP) is 3.14. The molecule has 1 aromatic heterocycles. The lowest BCUT2D eigenvalue weighted by Gasteiger charge is -2.05. The maximum atomic E-state index is 11.0. The average Bonchev–Trinajstić information content (AvgIpc) is 2.85. The molecule has 1 heterocycles. The number of aromatic nitrogens is 1. The van der Waals surface area contributed by atoms with E-state index in [-0.39, 0.29) is 18.6 Å². The molecule has 0 saturated carbocycles. The summed E-state index contributed by atoms with van der Waals surface area (Å²) in [6.45, 7) is 1.38. The highest BCUT2D eigenvalue weighted by atomic mass is 16.5. The highest BCUT2D eigenvalue weighted by Gasteiger charge is 2.16. The second kappa shape index (κ2) is 5.28. The van der Waals surface area contributed by atoms with Gasteiger partial charge in [-0.15, -0.1) is 0 Å². The molecule has 2 N–H and O–H groups in total. The number of nitrogens with two attached hydrogens (primary N) is 1. The first-order valence-corrected chi connectivity index (χ1v) is 6.52. The third-order valence-corrected chi connectivity index (χ3v) is 3.16. The van der Waals surface area contributed by atoms with Gasteiger partial charge in [-0.05, 0) is 10.8 Å². The third kappa shape index (κ3) is 2.58. The van der Waals surface area contributed by atoms with Gasteiger partial charge in [0.25, 0.3) is 6.01 Å². The van der Waals surface area contributed by atoms with Gasteiger partial charge in [0, 0.05) is 12.5 Å². The fourth-order valence-corrected chi connectivity index (χ4v) is 2.27. The smallest absolute Gasteiger partial charge is 0.303 e. The summed E-state index contributed by atoms with van der Waals surface area (Å²) < 4.78 is 10.5. The van der Waals surface area contributed by atoms with Gasteiger partial charge < -0.3 is 14.9 Å². The van der Waals surface area contributed by atoms with Crippen LogP contribution in [0.5, 0.6) is 0 Å². The molecule has 0 bridgehead atoms.